The van der Waals surface area contributed by atoms with Gasteiger partial charge in [0, 0.05) is 24.1 Å². The van der Waals surface area contributed by atoms with Gasteiger partial charge in [0.05, 0.1) is 0 Å². The van der Waals surface area contributed by atoms with Crippen molar-refractivity contribution in [2.75, 3.05) is 0 Å². The van der Waals surface area contributed by atoms with Crippen molar-refractivity contribution >= 4 is 11.6 Å². The molecule has 1 amide bonds. The van der Waals surface area contributed by atoms with Crippen molar-refractivity contribution in [3.8, 4) is 0 Å². The number of carbonyl (C=O) groups excluding carboxylic acids is 1. The highest BCUT2D eigenvalue weighted by Crippen LogP contribution is 2.19. The van der Waals surface area contributed by atoms with Crippen molar-refractivity contribution in [2.45, 2.75) is 19.8 Å². The van der Waals surface area contributed by atoms with Gasteiger partial charge in [-0.15, -0.1) is 0 Å². The lowest BCUT2D eigenvalue weighted by Crippen LogP contribution is -2.19. The van der Waals surface area contributed by atoms with E-state index in [9.17, 15) is 4.79 Å². The molecule has 0 radical (unpaired) electrons. The standard InChI is InChI=1S/C17H16N2O/c1-12-6-8-13(9-7-12)17(20)19-18-16-10-14-4-2-3-5-15(14)11-16/h2-9H,10-11H2,1H3,(H,19,20). The van der Waals surface area contributed by atoms with Crippen molar-refractivity contribution < 1.29 is 4.79 Å². The highest BCUT2D eigenvalue weighted by Gasteiger charge is 2.16. The van der Waals surface area contributed by atoms with Crippen LogP contribution in [0.15, 0.2) is 53.6 Å². The number of nitrogens with zero attached hydrogens (tertiary/aromatic N) is 1. The molecule has 1 aliphatic rings. The second kappa shape index (κ2) is 5.29. The van der Waals surface area contributed by atoms with Crippen LogP contribution in [0.5, 0.6) is 0 Å². The van der Waals surface area contributed by atoms with Gasteiger partial charge in [0.15, 0.2) is 0 Å². The smallest absolute Gasteiger partial charge is 0.267 e. The van der Waals surface area contributed by atoms with Crippen LogP contribution in [0.1, 0.15) is 27.0 Å². The Bertz CT molecular complexity index is 645. The molecule has 2 aromatic rings. The van der Waals surface area contributed by atoms with E-state index in [1.54, 1.807) is 0 Å². The van der Waals surface area contributed by atoms with E-state index in [2.05, 4.69) is 22.7 Å². The summed E-state index contributed by atoms with van der Waals surface area (Å²) in [4.78, 5) is 12.0. The van der Waals surface area contributed by atoms with Gasteiger partial charge in [-0.2, -0.15) is 5.10 Å². The van der Waals surface area contributed by atoms with E-state index in [1.165, 1.54) is 11.1 Å². The van der Waals surface area contributed by atoms with Crippen molar-refractivity contribution in [1.29, 1.82) is 0 Å². The molecule has 0 saturated carbocycles. The van der Waals surface area contributed by atoms with E-state index >= 15 is 0 Å². The molecule has 0 heterocycles. The Morgan fingerprint density at radius 1 is 1.00 bits per heavy atom. The van der Waals surface area contributed by atoms with E-state index in [-0.39, 0.29) is 5.91 Å². The molecule has 20 heavy (non-hydrogen) atoms. The predicted molar refractivity (Wildman–Crippen MR) is 79.9 cm³/mol. The van der Waals surface area contributed by atoms with Crippen LogP contribution in [0.4, 0.5) is 0 Å². The fourth-order valence-corrected chi connectivity index (χ4v) is 2.38. The first-order chi connectivity index (χ1) is 9.72. The van der Waals surface area contributed by atoms with Gasteiger partial charge in [0.1, 0.15) is 0 Å². The van der Waals surface area contributed by atoms with E-state index in [0.29, 0.717) is 5.56 Å². The summed E-state index contributed by atoms with van der Waals surface area (Å²) >= 11 is 0. The maximum absolute atomic E-state index is 12.0. The summed E-state index contributed by atoms with van der Waals surface area (Å²) in [7, 11) is 0. The van der Waals surface area contributed by atoms with Crippen LogP contribution >= 0.6 is 0 Å². The number of nitrogens with one attached hydrogen (secondary N) is 1. The highest BCUT2D eigenvalue weighted by atomic mass is 16.2. The number of aryl methyl sites for hydroxylation is 1. The summed E-state index contributed by atoms with van der Waals surface area (Å²) in [5.74, 6) is -0.159. The van der Waals surface area contributed by atoms with E-state index in [0.717, 1.165) is 24.1 Å². The second-order valence-electron chi connectivity index (χ2n) is 5.11. The number of hydrazone groups is 1. The second-order valence-corrected chi connectivity index (χ2v) is 5.11. The molecule has 0 atom stereocenters. The number of carbonyl (C=O) groups is 1. The summed E-state index contributed by atoms with van der Waals surface area (Å²) in [6.45, 7) is 2.00. The lowest BCUT2D eigenvalue weighted by molar-refractivity contribution is 0.0954. The van der Waals surface area contributed by atoms with Crippen molar-refractivity contribution in [3.05, 3.63) is 70.8 Å². The molecular weight excluding hydrogens is 248 g/mol. The number of amides is 1. The molecule has 100 valence electrons. The van der Waals surface area contributed by atoms with Crippen molar-refractivity contribution in [2.24, 2.45) is 5.10 Å². The molecule has 3 nitrogen and oxygen atoms in total. The average molecular weight is 264 g/mol. The van der Waals surface area contributed by atoms with Crippen LogP contribution in [0, 0.1) is 6.92 Å². The number of benzene rings is 2. The van der Waals surface area contributed by atoms with E-state index in [4.69, 9.17) is 0 Å². The summed E-state index contributed by atoms with van der Waals surface area (Å²) in [5.41, 5.74) is 8.03. The molecule has 0 bridgehead atoms. The Morgan fingerprint density at radius 2 is 1.60 bits per heavy atom. The molecule has 0 spiro atoms. The summed E-state index contributed by atoms with van der Waals surface area (Å²) < 4.78 is 0. The number of hydrogen-bond donors (Lipinski definition) is 1. The van der Waals surface area contributed by atoms with Crippen LogP contribution in [-0.4, -0.2) is 11.6 Å². The van der Waals surface area contributed by atoms with Crippen molar-refractivity contribution in [1.82, 2.24) is 5.43 Å². The minimum absolute atomic E-state index is 0.159. The molecular formula is C17H16N2O. The number of hydrogen-bond acceptors (Lipinski definition) is 2. The fraction of sp³-hybridized carbons (Fsp3) is 0.176. The zero-order chi connectivity index (χ0) is 13.9. The summed E-state index contributed by atoms with van der Waals surface area (Å²) in [5, 5.41) is 4.25. The first kappa shape index (κ1) is 12.6. The van der Waals surface area contributed by atoms with Crippen LogP contribution < -0.4 is 5.43 Å². The molecule has 1 N–H and O–H groups in total. The fourth-order valence-electron chi connectivity index (χ4n) is 2.38. The predicted octanol–water partition coefficient (Wildman–Crippen LogP) is 2.88. The van der Waals surface area contributed by atoms with Crippen LogP contribution in [0.3, 0.4) is 0 Å². The first-order valence-corrected chi connectivity index (χ1v) is 6.71. The van der Waals surface area contributed by atoms with Gasteiger partial charge in [-0.05, 0) is 30.2 Å². The number of fused-ring (bicyclic) bond motifs is 1. The van der Waals surface area contributed by atoms with Gasteiger partial charge in [-0.1, -0.05) is 42.0 Å². The minimum atomic E-state index is -0.159. The topological polar surface area (TPSA) is 41.5 Å². The van der Waals surface area contributed by atoms with Gasteiger partial charge in [-0.25, -0.2) is 5.43 Å². The molecule has 1 aliphatic carbocycles. The molecule has 0 fully saturated rings. The normalized spacial score (nSPS) is 12.9. The molecule has 2 aromatic carbocycles. The number of rotatable bonds is 2. The third-order valence-electron chi connectivity index (χ3n) is 3.54. The molecule has 3 rings (SSSR count). The van der Waals surface area contributed by atoms with Gasteiger partial charge >= 0.3 is 0 Å². The van der Waals surface area contributed by atoms with E-state index in [1.807, 2.05) is 43.3 Å². The van der Waals surface area contributed by atoms with Gasteiger partial charge in [-0.3, -0.25) is 4.79 Å². The minimum Gasteiger partial charge on any atom is -0.267 e. The molecule has 0 saturated heterocycles. The largest absolute Gasteiger partial charge is 0.271 e. The Morgan fingerprint density at radius 3 is 2.20 bits per heavy atom. The lowest BCUT2D eigenvalue weighted by atomic mass is 10.1. The lowest BCUT2D eigenvalue weighted by Gasteiger charge is -2.01. The maximum atomic E-state index is 12.0. The van der Waals surface area contributed by atoms with Gasteiger partial charge < -0.3 is 0 Å². The van der Waals surface area contributed by atoms with Gasteiger partial charge in [0.25, 0.3) is 5.91 Å². The first-order valence-electron chi connectivity index (χ1n) is 6.71. The monoisotopic (exact) mass is 264 g/mol. The summed E-state index contributed by atoms with van der Waals surface area (Å²) in [6, 6.07) is 15.8. The van der Waals surface area contributed by atoms with Gasteiger partial charge in [0.2, 0.25) is 0 Å². The molecule has 0 aliphatic heterocycles. The SMILES string of the molecule is Cc1ccc(C(=O)NN=C2Cc3ccccc3C2)cc1. The Kier molecular flexibility index (Phi) is 3.33. The Hall–Kier alpha value is -2.42. The zero-order valence-corrected chi connectivity index (χ0v) is 11.4. The third-order valence-corrected chi connectivity index (χ3v) is 3.54. The molecule has 0 unspecified atom stereocenters. The highest BCUT2D eigenvalue weighted by molar-refractivity contribution is 5.97. The quantitative estimate of drug-likeness (QED) is 0.833. The van der Waals surface area contributed by atoms with Crippen molar-refractivity contribution in [3.63, 3.8) is 0 Å². The third kappa shape index (κ3) is 2.62. The summed E-state index contributed by atoms with van der Waals surface area (Å²) in [6.07, 6.45) is 1.65. The van der Waals surface area contributed by atoms with Crippen LogP contribution in [0.25, 0.3) is 0 Å². The maximum Gasteiger partial charge on any atom is 0.271 e. The molecule has 0 aromatic heterocycles. The van der Waals surface area contributed by atoms with Crippen LogP contribution in [0.2, 0.25) is 0 Å². The molecule has 3 heteroatoms. The van der Waals surface area contributed by atoms with Crippen LogP contribution in [-0.2, 0) is 12.8 Å². The average Bonchev–Trinajstić information content (AvgIpc) is 2.88. The Labute approximate surface area is 118 Å². The zero-order valence-electron chi connectivity index (χ0n) is 11.4. The Balaban J connectivity index is 1.67. The van der Waals surface area contributed by atoms with E-state index < -0.39 is 0 Å².